The van der Waals surface area contributed by atoms with Crippen molar-refractivity contribution in [2.75, 3.05) is 12.1 Å². The van der Waals surface area contributed by atoms with Gasteiger partial charge in [-0.25, -0.2) is 4.79 Å². The first-order chi connectivity index (χ1) is 12.6. The van der Waals surface area contributed by atoms with Gasteiger partial charge in [0.1, 0.15) is 0 Å². The van der Waals surface area contributed by atoms with Gasteiger partial charge in [0.15, 0.2) is 11.5 Å². The normalized spacial score (nSPS) is 13.1. The highest BCUT2D eigenvalue weighted by Crippen LogP contribution is 2.38. The highest BCUT2D eigenvalue weighted by molar-refractivity contribution is 5.92. The maximum atomic E-state index is 12.4. The largest absolute Gasteiger partial charge is 0.481 e. The van der Waals surface area contributed by atoms with Crippen LogP contribution in [0.3, 0.4) is 0 Å². The van der Waals surface area contributed by atoms with Crippen molar-refractivity contribution in [2.45, 2.75) is 25.3 Å². The van der Waals surface area contributed by atoms with Crippen LogP contribution in [0.1, 0.15) is 18.4 Å². The second-order valence-electron chi connectivity index (χ2n) is 5.96. The van der Waals surface area contributed by atoms with E-state index in [4.69, 9.17) is 14.6 Å². The molecule has 2 aromatic rings. The van der Waals surface area contributed by atoms with E-state index in [1.54, 1.807) is 18.2 Å². The fraction of sp³-hybridized carbons (Fsp3) is 0.263. The number of carboxylic acids is 1. The molecule has 3 rings (SSSR count). The lowest BCUT2D eigenvalue weighted by Crippen LogP contribution is -2.39. The van der Waals surface area contributed by atoms with Crippen LogP contribution in [0, 0.1) is 0 Å². The summed E-state index contributed by atoms with van der Waals surface area (Å²) in [4.78, 5) is 23.3. The van der Waals surface area contributed by atoms with Crippen LogP contribution < -0.4 is 20.1 Å². The summed E-state index contributed by atoms with van der Waals surface area (Å²) >= 11 is 0. The third-order valence-electron chi connectivity index (χ3n) is 4.01. The lowest BCUT2D eigenvalue weighted by atomic mass is 10.0. The van der Waals surface area contributed by atoms with Crippen LogP contribution in [0.5, 0.6) is 11.5 Å². The van der Waals surface area contributed by atoms with Crippen LogP contribution in [-0.4, -0.2) is 29.9 Å². The number of fused-ring (bicyclic) bond motifs is 1. The summed E-state index contributed by atoms with van der Waals surface area (Å²) in [6, 6.07) is 14.1. The molecule has 2 aromatic carbocycles. The lowest BCUT2D eigenvalue weighted by Gasteiger charge is -2.19. The van der Waals surface area contributed by atoms with Crippen molar-refractivity contribution in [3.8, 4) is 11.5 Å². The number of carbonyl (C=O) groups excluding carboxylic acids is 1. The molecule has 7 nitrogen and oxygen atoms in total. The highest BCUT2D eigenvalue weighted by atomic mass is 16.7. The molecule has 1 aliphatic rings. The average Bonchev–Trinajstić information content (AvgIpc) is 3.10. The van der Waals surface area contributed by atoms with Gasteiger partial charge in [-0.2, -0.15) is 0 Å². The summed E-state index contributed by atoms with van der Waals surface area (Å²) in [6.45, 7) is 0.116. The number of amides is 2. The Morgan fingerprint density at radius 2 is 1.88 bits per heavy atom. The smallest absolute Gasteiger partial charge is 0.319 e. The fourth-order valence-corrected chi connectivity index (χ4v) is 2.79. The van der Waals surface area contributed by atoms with Gasteiger partial charge in [-0.1, -0.05) is 36.4 Å². The Morgan fingerprint density at radius 3 is 2.65 bits per heavy atom. The zero-order valence-corrected chi connectivity index (χ0v) is 14.1. The first-order valence-electron chi connectivity index (χ1n) is 8.33. The molecule has 0 fully saturated rings. The molecular formula is C19H20N2O5. The molecule has 1 aliphatic heterocycles. The van der Waals surface area contributed by atoms with Crippen molar-refractivity contribution in [3.63, 3.8) is 0 Å². The zero-order valence-electron chi connectivity index (χ0n) is 14.1. The summed E-state index contributed by atoms with van der Waals surface area (Å²) in [5.41, 5.74) is 1.54. The number of urea groups is 1. The van der Waals surface area contributed by atoms with Crippen molar-refractivity contribution in [3.05, 3.63) is 54.1 Å². The number of anilines is 1. The number of hydrogen-bond donors (Lipinski definition) is 3. The molecule has 26 heavy (non-hydrogen) atoms. The minimum atomic E-state index is -0.892. The molecule has 0 saturated heterocycles. The van der Waals surface area contributed by atoms with Crippen molar-refractivity contribution in [2.24, 2.45) is 0 Å². The van der Waals surface area contributed by atoms with Gasteiger partial charge in [-0.05, 0) is 30.5 Å². The fourth-order valence-electron chi connectivity index (χ4n) is 2.79. The number of aliphatic carboxylic acids is 1. The number of para-hydroxylation sites is 1. The number of nitrogens with one attached hydrogen (secondary N) is 2. The van der Waals surface area contributed by atoms with Crippen LogP contribution in [0.25, 0.3) is 0 Å². The first kappa shape index (κ1) is 17.6. The molecule has 3 N–H and O–H groups in total. The number of benzene rings is 2. The Morgan fingerprint density at radius 1 is 1.08 bits per heavy atom. The third-order valence-corrected chi connectivity index (χ3v) is 4.01. The standard InChI is InChI=1S/C19H20N2O5/c22-17(23)10-9-14(11-13-5-2-1-3-6-13)20-19(24)21-15-7-4-8-16-18(15)26-12-25-16/h1-8,14H,9-12H2,(H,22,23)(H2,20,21,24). The second-order valence-corrected chi connectivity index (χ2v) is 5.96. The molecule has 0 radical (unpaired) electrons. The van der Waals surface area contributed by atoms with Gasteiger partial charge in [0, 0.05) is 12.5 Å². The quantitative estimate of drug-likeness (QED) is 0.709. The van der Waals surface area contributed by atoms with Crippen molar-refractivity contribution >= 4 is 17.7 Å². The lowest BCUT2D eigenvalue weighted by molar-refractivity contribution is -0.137. The number of ether oxygens (including phenoxy) is 2. The van der Waals surface area contributed by atoms with Crippen LogP contribution >= 0.6 is 0 Å². The van der Waals surface area contributed by atoms with Gasteiger partial charge in [-0.3, -0.25) is 4.79 Å². The number of hydrogen-bond acceptors (Lipinski definition) is 4. The van der Waals surface area contributed by atoms with E-state index in [0.717, 1.165) is 5.56 Å². The molecular weight excluding hydrogens is 336 g/mol. The Bertz CT molecular complexity index is 779. The molecule has 0 bridgehead atoms. The van der Waals surface area contributed by atoms with Gasteiger partial charge in [0.2, 0.25) is 6.79 Å². The molecule has 136 valence electrons. The van der Waals surface area contributed by atoms with Gasteiger partial charge in [-0.15, -0.1) is 0 Å². The molecule has 1 atom stereocenters. The monoisotopic (exact) mass is 356 g/mol. The molecule has 2 amide bonds. The van der Waals surface area contributed by atoms with E-state index in [-0.39, 0.29) is 19.3 Å². The molecule has 0 aliphatic carbocycles. The van der Waals surface area contributed by atoms with E-state index in [1.807, 2.05) is 30.3 Å². The minimum absolute atomic E-state index is 0.0184. The van der Waals surface area contributed by atoms with E-state index >= 15 is 0 Å². The number of rotatable bonds is 7. The predicted molar refractivity (Wildman–Crippen MR) is 95.5 cm³/mol. The third kappa shape index (κ3) is 4.66. The summed E-state index contributed by atoms with van der Waals surface area (Å²) in [5, 5.41) is 14.5. The van der Waals surface area contributed by atoms with E-state index < -0.39 is 12.0 Å². The number of carbonyl (C=O) groups is 2. The molecule has 1 unspecified atom stereocenters. The average molecular weight is 356 g/mol. The van der Waals surface area contributed by atoms with Gasteiger partial charge < -0.3 is 25.2 Å². The Labute approximate surface area is 150 Å². The summed E-state index contributed by atoms with van der Waals surface area (Å²) in [7, 11) is 0. The summed E-state index contributed by atoms with van der Waals surface area (Å²) in [6.07, 6.45) is 0.869. The minimum Gasteiger partial charge on any atom is -0.481 e. The molecule has 7 heteroatoms. The number of carboxylic acid groups (broad SMARTS) is 1. The topological polar surface area (TPSA) is 96.9 Å². The van der Waals surface area contributed by atoms with Gasteiger partial charge >= 0.3 is 12.0 Å². The summed E-state index contributed by atoms with van der Waals surface area (Å²) < 4.78 is 10.7. The van der Waals surface area contributed by atoms with Gasteiger partial charge in [0.05, 0.1) is 5.69 Å². The van der Waals surface area contributed by atoms with E-state index in [1.165, 1.54) is 0 Å². The predicted octanol–water partition coefficient (Wildman–Crippen LogP) is 3.01. The molecule has 0 aromatic heterocycles. The maximum absolute atomic E-state index is 12.4. The van der Waals surface area contributed by atoms with Crippen LogP contribution in [0.15, 0.2) is 48.5 Å². The SMILES string of the molecule is O=C(O)CCC(Cc1ccccc1)NC(=O)Nc1cccc2c1OCO2. The Hall–Kier alpha value is -3.22. The van der Waals surface area contributed by atoms with E-state index in [2.05, 4.69) is 10.6 Å². The van der Waals surface area contributed by atoms with E-state index in [0.29, 0.717) is 30.0 Å². The van der Waals surface area contributed by atoms with Crippen LogP contribution in [0.4, 0.5) is 10.5 Å². The Balaban J connectivity index is 1.64. The molecule has 0 saturated carbocycles. The highest BCUT2D eigenvalue weighted by Gasteiger charge is 2.20. The van der Waals surface area contributed by atoms with Crippen LogP contribution in [-0.2, 0) is 11.2 Å². The zero-order chi connectivity index (χ0) is 18.4. The Kier molecular flexibility index (Phi) is 5.58. The van der Waals surface area contributed by atoms with Gasteiger partial charge in [0.25, 0.3) is 0 Å². The van der Waals surface area contributed by atoms with Crippen LogP contribution in [0.2, 0.25) is 0 Å². The summed E-state index contributed by atoms with van der Waals surface area (Å²) in [5.74, 6) is 0.180. The maximum Gasteiger partial charge on any atom is 0.319 e. The van der Waals surface area contributed by atoms with Crippen molar-refractivity contribution in [1.29, 1.82) is 0 Å². The first-order valence-corrected chi connectivity index (χ1v) is 8.33. The van der Waals surface area contributed by atoms with Crippen molar-refractivity contribution < 1.29 is 24.2 Å². The van der Waals surface area contributed by atoms with Crippen molar-refractivity contribution in [1.82, 2.24) is 5.32 Å². The molecule has 0 spiro atoms. The van der Waals surface area contributed by atoms with E-state index in [9.17, 15) is 9.59 Å². The second kappa shape index (κ2) is 8.24. The molecule has 1 heterocycles.